The van der Waals surface area contributed by atoms with Crippen LogP contribution in [0.1, 0.15) is 36.1 Å². The van der Waals surface area contributed by atoms with Crippen molar-refractivity contribution in [3.63, 3.8) is 0 Å². The van der Waals surface area contributed by atoms with Crippen molar-refractivity contribution in [3.05, 3.63) is 131 Å². The zero-order valence-corrected chi connectivity index (χ0v) is 21.8. The number of hydrogen-bond donors (Lipinski definition) is 1. The first-order chi connectivity index (χ1) is 18.6. The van der Waals surface area contributed by atoms with Crippen LogP contribution in [0.5, 0.6) is 0 Å². The van der Waals surface area contributed by atoms with Crippen LogP contribution in [0.4, 0.5) is 0 Å². The van der Waals surface area contributed by atoms with Gasteiger partial charge in [0, 0.05) is 27.6 Å². The van der Waals surface area contributed by atoms with Crippen LogP contribution in [0.3, 0.4) is 0 Å². The number of aromatic nitrogens is 1. The molecule has 182 valence electrons. The van der Waals surface area contributed by atoms with E-state index in [9.17, 15) is 0 Å². The first-order valence-electron chi connectivity index (χ1n) is 13.7. The van der Waals surface area contributed by atoms with Crippen LogP contribution in [0, 0.1) is 0 Å². The SMILES string of the molecule is CC1(C)c2ccccc2-c2cc(-c3cccc(-c4cccc5c6c([nH]c45)-c4ccccc4CC6)c3)ccc21. The van der Waals surface area contributed by atoms with Gasteiger partial charge in [-0.3, -0.25) is 0 Å². The lowest BCUT2D eigenvalue weighted by atomic mass is 9.82. The molecule has 6 aromatic rings. The maximum absolute atomic E-state index is 3.85. The highest BCUT2D eigenvalue weighted by Gasteiger charge is 2.35. The molecule has 0 fully saturated rings. The van der Waals surface area contributed by atoms with Crippen LogP contribution >= 0.6 is 0 Å². The molecule has 8 rings (SSSR count). The molecule has 0 bridgehead atoms. The van der Waals surface area contributed by atoms with Gasteiger partial charge in [-0.2, -0.15) is 0 Å². The summed E-state index contributed by atoms with van der Waals surface area (Å²) in [4.78, 5) is 3.85. The Bertz CT molecular complexity index is 1900. The first kappa shape index (κ1) is 21.7. The summed E-state index contributed by atoms with van der Waals surface area (Å²) >= 11 is 0. The van der Waals surface area contributed by atoms with E-state index >= 15 is 0 Å². The van der Waals surface area contributed by atoms with Gasteiger partial charge in [-0.1, -0.05) is 111 Å². The van der Waals surface area contributed by atoms with E-state index in [0.717, 1.165) is 12.8 Å². The van der Waals surface area contributed by atoms with Crippen molar-refractivity contribution < 1.29 is 0 Å². The zero-order chi connectivity index (χ0) is 25.4. The standard InChI is InChI=1S/C37H29N/c1-37(2)33-16-6-5-13-29(33)32-22-25(18-20-34(32)37)24-10-7-11-26(21-24)28-14-8-15-30-31-19-17-23-9-3-4-12-27(23)35(31)38-36(28)30/h3-16,18,20-22,38H,17,19H2,1-2H3. The highest BCUT2D eigenvalue weighted by molar-refractivity contribution is 6.01. The molecule has 2 aliphatic rings. The van der Waals surface area contributed by atoms with Gasteiger partial charge in [-0.05, 0) is 75.0 Å². The number of aryl methyl sites for hydroxylation is 2. The second kappa shape index (κ2) is 7.82. The molecule has 0 saturated heterocycles. The lowest BCUT2D eigenvalue weighted by Gasteiger charge is -2.21. The van der Waals surface area contributed by atoms with Gasteiger partial charge in [-0.25, -0.2) is 0 Å². The largest absolute Gasteiger partial charge is 0.354 e. The number of aromatic amines is 1. The number of para-hydroxylation sites is 1. The number of H-pyrrole nitrogens is 1. The summed E-state index contributed by atoms with van der Waals surface area (Å²) in [7, 11) is 0. The molecule has 2 aliphatic carbocycles. The molecular formula is C37H29N. The van der Waals surface area contributed by atoms with Gasteiger partial charge >= 0.3 is 0 Å². The van der Waals surface area contributed by atoms with Gasteiger partial charge in [0.15, 0.2) is 0 Å². The van der Waals surface area contributed by atoms with Crippen LogP contribution in [0.15, 0.2) is 109 Å². The van der Waals surface area contributed by atoms with Gasteiger partial charge in [0.1, 0.15) is 0 Å². The topological polar surface area (TPSA) is 15.8 Å². The van der Waals surface area contributed by atoms with Crippen molar-refractivity contribution in [1.82, 2.24) is 4.98 Å². The van der Waals surface area contributed by atoms with Crippen molar-refractivity contribution in [2.75, 3.05) is 0 Å². The summed E-state index contributed by atoms with van der Waals surface area (Å²) in [6, 6.07) is 40.6. The highest BCUT2D eigenvalue weighted by Crippen LogP contribution is 2.49. The van der Waals surface area contributed by atoms with Crippen molar-refractivity contribution >= 4 is 10.9 Å². The fourth-order valence-corrected chi connectivity index (χ4v) is 7.01. The molecule has 1 heteroatoms. The molecule has 0 spiro atoms. The Morgan fingerprint density at radius 2 is 1.26 bits per heavy atom. The third-order valence-corrected chi connectivity index (χ3v) is 8.96. The zero-order valence-electron chi connectivity index (χ0n) is 21.8. The smallest absolute Gasteiger partial charge is 0.0541 e. The van der Waals surface area contributed by atoms with Crippen molar-refractivity contribution in [2.24, 2.45) is 0 Å². The van der Waals surface area contributed by atoms with E-state index in [1.807, 2.05) is 0 Å². The number of fused-ring (bicyclic) bond motifs is 8. The van der Waals surface area contributed by atoms with E-state index in [1.54, 1.807) is 0 Å². The average Bonchev–Trinajstić information content (AvgIpc) is 3.46. The maximum atomic E-state index is 3.85. The van der Waals surface area contributed by atoms with Gasteiger partial charge in [0.2, 0.25) is 0 Å². The molecular weight excluding hydrogens is 458 g/mol. The van der Waals surface area contributed by atoms with Crippen LogP contribution in [0.2, 0.25) is 0 Å². The lowest BCUT2D eigenvalue weighted by molar-refractivity contribution is 0.660. The Morgan fingerprint density at radius 3 is 2.18 bits per heavy atom. The summed E-state index contributed by atoms with van der Waals surface area (Å²) in [6.45, 7) is 4.68. The predicted octanol–water partition coefficient (Wildman–Crippen LogP) is 9.57. The minimum atomic E-state index is 0.0350. The molecule has 0 saturated carbocycles. The van der Waals surface area contributed by atoms with E-state index in [1.165, 1.54) is 77.8 Å². The van der Waals surface area contributed by atoms with Crippen LogP contribution in [-0.4, -0.2) is 4.98 Å². The van der Waals surface area contributed by atoms with Crippen molar-refractivity contribution in [2.45, 2.75) is 32.1 Å². The van der Waals surface area contributed by atoms with Gasteiger partial charge in [0.25, 0.3) is 0 Å². The summed E-state index contributed by atoms with van der Waals surface area (Å²) in [5.74, 6) is 0. The third-order valence-electron chi connectivity index (χ3n) is 8.96. The Hall–Kier alpha value is -4.36. The molecule has 1 N–H and O–H groups in total. The molecule has 5 aromatic carbocycles. The van der Waals surface area contributed by atoms with Gasteiger partial charge < -0.3 is 4.98 Å². The molecule has 1 aromatic heterocycles. The second-order valence-electron chi connectivity index (χ2n) is 11.4. The van der Waals surface area contributed by atoms with E-state index in [-0.39, 0.29) is 5.41 Å². The monoisotopic (exact) mass is 487 g/mol. The quantitative estimate of drug-likeness (QED) is 0.250. The van der Waals surface area contributed by atoms with E-state index in [2.05, 4.69) is 128 Å². The number of hydrogen-bond acceptors (Lipinski definition) is 0. The van der Waals surface area contributed by atoms with Crippen LogP contribution in [0.25, 0.3) is 55.5 Å². The Balaban J connectivity index is 1.26. The second-order valence-corrected chi connectivity index (χ2v) is 11.4. The molecule has 0 radical (unpaired) electrons. The van der Waals surface area contributed by atoms with Crippen LogP contribution in [-0.2, 0) is 18.3 Å². The minimum Gasteiger partial charge on any atom is -0.354 e. The fraction of sp³-hybridized carbons (Fsp3) is 0.135. The van der Waals surface area contributed by atoms with E-state index in [4.69, 9.17) is 0 Å². The number of benzene rings is 5. The summed E-state index contributed by atoms with van der Waals surface area (Å²) in [6.07, 6.45) is 2.19. The third kappa shape index (κ3) is 2.99. The normalized spacial score (nSPS) is 14.6. The van der Waals surface area contributed by atoms with Crippen molar-refractivity contribution in [1.29, 1.82) is 0 Å². The Morgan fingerprint density at radius 1 is 0.553 bits per heavy atom. The summed E-state index contributed by atoms with van der Waals surface area (Å²) in [5, 5.41) is 1.36. The number of nitrogens with one attached hydrogen (secondary N) is 1. The Kier molecular flexibility index (Phi) is 4.47. The highest BCUT2D eigenvalue weighted by atomic mass is 14.7. The molecule has 1 nitrogen and oxygen atoms in total. The van der Waals surface area contributed by atoms with Crippen LogP contribution < -0.4 is 0 Å². The molecule has 0 aliphatic heterocycles. The Labute approximate surface area is 223 Å². The van der Waals surface area contributed by atoms with Crippen molar-refractivity contribution in [3.8, 4) is 44.6 Å². The minimum absolute atomic E-state index is 0.0350. The first-order valence-corrected chi connectivity index (χ1v) is 13.7. The predicted molar refractivity (Wildman–Crippen MR) is 160 cm³/mol. The molecule has 1 heterocycles. The number of rotatable bonds is 2. The molecule has 38 heavy (non-hydrogen) atoms. The average molecular weight is 488 g/mol. The van der Waals surface area contributed by atoms with E-state index < -0.39 is 0 Å². The summed E-state index contributed by atoms with van der Waals surface area (Å²) in [5.41, 5.74) is 17.4. The van der Waals surface area contributed by atoms with E-state index in [0.29, 0.717) is 0 Å². The lowest BCUT2D eigenvalue weighted by Crippen LogP contribution is -2.14. The van der Waals surface area contributed by atoms with Gasteiger partial charge in [0.05, 0.1) is 5.52 Å². The fourth-order valence-electron chi connectivity index (χ4n) is 7.01. The maximum Gasteiger partial charge on any atom is 0.0541 e. The molecule has 0 atom stereocenters. The van der Waals surface area contributed by atoms with Gasteiger partial charge in [-0.15, -0.1) is 0 Å². The molecule has 0 amide bonds. The summed E-state index contributed by atoms with van der Waals surface area (Å²) < 4.78 is 0. The molecule has 0 unspecified atom stereocenters.